The highest BCUT2D eigenvalue weighted by atomic mass is 19.1. The van der Waals surface area contributed by atoms with Gasteiger partial charge in [-0.3, -0.25) is 4.79 Å². The molecule has 2 atom stereocenters. The Morgan fingerprint density at radius 2 is 2.22 bits per heavy atom. The third kappa shape index (κ3) is 1.43. The molecule has 2 aromatic rings. The van der Waals surface area contributed by atoms with Crippen LogP contribution in [0.4, 0.5) is 4.39 Å². The Hall–Kier alpha value is -1.91. The van der Waals surface area contributed by atoms with E-state index < -0.39 is 17.7 Å². The molecule has 1 N–H and O–H groups in total. The van der Waals surface area contributed by atoms with Gasteiger partial charge in [0, 0.05) is 6.07 Å². The lowest BCUT2D eigenvalue weighted by atomic mass is 10.1. The average molecular weight is 249 g/mol. The van der Waals surface area contributed by atoms with E-state index >= 15 is 0 Å². The number of rotatable bonds is 2. The summed E-state index contributed by atoms with van der Waals surface area (Å²) in [6.45, 7) is 3.73. The monoisotopic (exact) mass is 249 g/mol. The van der Waals surface area contributed by atoms with Gasteiger partial charge < -0.3 is 9.52 Å². The van der Waals surface area contributed by atoms with Crippen molar-refractivity contribution in [3.05, 3.63) is 29.9 Å². The summed E-state index contributed by atoms with van der Waals surface area (Å²) < 4.78 is 18.5. The predicted octanol–water partition coefficient (Wildman–Crippen LogP) is 2.79. The highest BCUT2D eigenvalue weighted by molar-refractivity contribution is 5.78. The second kappa shape index (κ2) is 3.31. The Kier molecular flexibility index (Phi) is 2.06. The fraction of sp³-hybridized carbons (Fsp3) is 0.385. The number of fused-ring (bicyclic) bond motifs is 1. The number of halogens is 1. The van der Waals surface area contributed by atoms with Gasteiger partial charge in [-0.1, -0.05) is 13.8 Å². The van der Waals surface area contributed by atoms with Crippen LogP contribution in [-0.4, -0.2) is 16.1 Å². The number of nitrogens with zero attached hydrogens (tertiary/aromatic N) is 1. The number of hydrogen-bond acceptors (Lipinski definition) is 3. The van der Waals surface area contributed by atoms with Gasteiger partial charge in [-0.15, -0.1) is 0 Å². The van der Waals surface area contributed by atoms with Crippen molar-refractivity contribution < 1.29 is 18.7 Å². The van der Waals surface area contributed by atoms with Gasteiger partial charge in [0.25, 0.3) is 0 Å². The summed E-state index contributed by atoms with van der Waals surface area (Å²) in [6, 6.07) is 4.10. The van der Waals surface area contributed by atoms with E-state index in [1.807, 2.05) is 13.8 Å². The number of hydrogen-bond donors (Lipinski definition) is 1. The van der Waals surface area contributed by atoms with Gasteiger partial charge in [0.2, 0.25) is 0 Å². The lowest BCUT2D eigenvalue weighted by Crippen LogP contribution is -2.03. The van der Waals surface area contributed by atoms with Gasteiger partial charge >= 0.3 is 5.97 Å². The Bertz CT molecular complexity index is 647. The smallest absolute Gasteiger partial charge is 0.307 e. The highest BCUT2D eigenvalue weighted by Crippen LogP contribution is 2.64. The minimum atomic E-state index is -0.849. The third-order valence-corrected chi connectivity index (χ3v) is 3.73. The molecule has 1 aliphatic rings. The molecule has 0 aliphatic heterocycles. The van der Waals surface area contributed by atoms with E-state index in [9.17, 15) is 9.18 Å². The number of carbonyl (C=O) groups is 1. The molecule has 0 bridgehead atoms. The van der Waals surface area contributed by atoms with E-state index in [1.54, 1.807) is 0 Å². The number of benzene rings is 1. The van der Waals surface area contributed by atoms with Crippen LogP contribution in [0.5, 0.6) is 0 Å². The molecule has 0 amide bonds. The van der Waals surface area contributed by atoms with Crippen LogP contribution in [0.1, 0.15) is 25.7 Å². The third-order valence-electron chi connectivity index (χ3n) is 3.73. The minimum Gasteiger partial charge on any atom is -0.481 e. The molecule has 3 rings (SSSR count). The maximum Gasteiger partial charge on any atom is 0.307 e. The van der Waals surface area contributed by atoms with Crippen molar-refractivity contribution in [3.8, 4) is 0 Å². The Balaban J connectivity index is 2.04. The summed E-state index contributed by atoms with van der Waals surface area (Å²) >= 11 is 0. The lowest BCUT2D eigenvalue weighted by molar-refractivity contribution is -0.139. The van der Waals surface area contributed by atoms with E-state index in [4.69, 9.17) is 9.52 Å². The van der Waals surface area contributed by atoms with E-state index in [1.165, 1.54) is 18.2 Å². The number of aromatic nitrogens is 1. The summed E-state index contributed by atoms with van der Waals surface area (Å²) in [5.74, 6) is -1.60. The van der Waals surface area contributed by atoms with Gasteiger partial charge in [-0.25, -0.2) is 9.37 Å². The second-order valence-corrected chi connectivity index (χ2v) is 5.28. The first kappa shape index (κ1) is 11.2. The van der Waals surface area contributed by atoms with Crippen molar-refractivity contribution in [2.45, 2.75) is 19.8 Å². The molecule has 1 saturated carbocycles. The van der Waals surface area contributed by atoms with Crippen molar-refractivity contribution in [2.24, 2.45) is 11.3 Å². The molecule has 1 aliphatic carbocycles. The summed E-state index contributed by atoms with van der Waals surface area (Å²) in [6.07, 6.45) is 0. The normalized spacial score (nSPS) is 25.3. The number of carboxylic acid groups (broad SMARTS) is 1. The van der Waals surface area contributed by atoms with E-state index in [0.29, 0.717) is 17.0 Å². The van der Waals surface area contributed by atoms with Crippen molar-refractivity contribution in [3.63, 3.8) is 0 Å². The van der Waals surface area contributed by atoms with Gasteiger partial charge in [0.15, 0.2) is 11.5 Å². The van der Waals surface area contributed by atoms with Crippen molar-refractivity contribution in [1.82, 2.24) is 4.98 Å². The zero-order valence-corrected chi connectivity index (χ0v) is 9.98. The van der Waals surface area contributed by atoms with Gasteiger partial charge in [0.05, 0.1) is 11.8 Å². The van der Waals surface area contributed by atoms with Crippen LogP contribution in [0.15, 0.2) is 22.6 Å². The highest BCUT2D eigenvalue weighted by Gasteiger charge is 2.65. The number of aliphatic carboxylic acids is 1. The van der Waals surface area contributed by atoms with Crippen LogP contribution >= 0.6 is 0 Å². The summed E-state index contributed by atoms with van der Waals surface area (Å²) in [5.41, 5.74) is 0.542. The van der Waals surface area contributed by atoms with Crippen LogP contribution in [0.3, 0.4) is 0 Å². The predicted molar refractivity (Wildman–Crippen MR) is 61.6 cm³/mol. The molecular formula is C13H12FNO3. The first-order chi connectivity index (χ1) is 8.41. The largest absolute Gasteiger partial charge is 0.481 e. The summed E-state index contributed by atoms with van der Waals surface area (Å²) in [4.78, 5) is 15.3. The molecule has 0 saturated heterocycles. The minimum absolute atomic E-state index is 0.245. The molecule has 18 heavy (non-hydrogen) atoms. The average Bonchev–Trinajstić information content (AvgIpc) is 2.66. The maximum absolute atomic E-state index is 13.0. The first-order valence-electron chi connectivity index (χ1n) is 5.70. The zero-order chi connectivity index (χ0) is 13.1. The molecule has 0 radical (unpaired) electrons. The standard InChI is InChI=1S/C13H12FNO3/c1-13(2)9(10(13)12(16)17)11-15-7-4-3-6(14)5-8(7)18-11/h3-5,9-10H,1-2H3,(H,16,17). The van der Waals surface area contributed by atoms with Crippen LogP contribution in [0.2, 0.25) is 0 Å². The van der Waals surface area contributed by atoms with Crippen LogP contribution < -0.4 is 0 Å². The molecule has 94 valence electrons. The van der Waals surface area contributed by atoms with Crippen molar-refractivity contribution in [2.75, 3.05) is 0 Å². The SMILES string of the molecule is CC1(C)C(C(=O)O)C1c1nc2ccc(F)cc2o1. The molecule has 2 unspecified atom stereocenters. The van der Waals surface area contributed by atoms with Gasteiger partial charge in [0.1, 0.15) is 11.3 Å². The van der Waals surface area contributed by atoms with Crippen molar-refractivity contribution >= 4 is 17.1 Å². The number of carboxylic acids is 1. The van der Waals surface area contributed by atoms with Gasteiger partial charge in [-0.2, -0.15) is 0 Å². The fourth-order valence-electron chi connectivity index (χ4n) is 2.61. The molecule has 1 aromatic carbocycles. The number of oxazole rings is 1. The van der Waals surface area contributed by atoms with E-state index in [-0.39, 0.29) is 11.3 Å². The van der Waals surface area contributed by atoms with E-state index in [2.05, 4.69) is 4.98 Å². The lowest BCUT2D eigenvalue weighted by Gasteiger charge is -1.96. The molecule has 0 spiro atoms. The fourth-order valence-corrected chi connectivity index (χ4v) is 2.61. The van der Waals surface area contributed by atoms with Crippen LogP contribution in [0.25, 0.3) is 11.1 Å². The van der Waals surface area contributed by atoms with Crippen molar-refractivity contribution in [1.29, 1.82) is 0 Å². The first-order valence-corrected chi connectivity index (χ1v) is 5.70. The topological polar surface area (TPSA) is 63.3 Å². The van der Waals surface area contributed by atoms with Crippen LogP contribution in [-0.2, 0) is 4.79 Å². The molecule has 1 aromatic heterocycles. The molecule has 1 fully saturated rings. The summed E-state index contributed by atoms with van der Waals surface area (Å²) in [7, 11) is 0. The molecule has 5 heteroatoms. The Morgan fingerprint density at radius 1 is 1.50 bits per heavy atom. The Morgan fingerprint density at radius 3 is 2.83 bits per heavy atom. The molecule has 4 nitrogen and oxygen atoms in total. The summed E-state index contributed by atoms with van der Waals surface area (Å²) in [5, 5.41) is 9.11. The maximum atomic E-state index is 13.0. The molecule has 1 heterocycles. The van der Waals surface area contributed by atoms with Crippen LogP contribution in [0, 0.1) is 17.2 Å². The second-order valence-electron chi connectivity index (χ2n) is 5.28. The quantitative estimate of drug-likeness (QED) is 0.888. The van der Waals surface area contributed by atoms with E-state index in [0.717, 1.165) is 0 Å². The Labute approximate surface area is 102 Å². The molecular weight excluding hydrogens is 237 g/mol. The van der Waals surface area contributed by atoms with Gasteiger partial charge in [-0.05, 0) is 17.5 Å². The zero-order valence-electron chi connectivity index (χ0n) is 9.98.